The first-order chi connectivity index (χ1) is 12.9. The van der Waals surface area contributed by atoms with E-state index in [9.17, 15) is 13.2 Å². The van der Waals surface area contributed by atoms with Crippen molar-refractivity contribution >= 4 is 39.9 Å². The fourth-order valence-electron chi connectivity index (χ4n) is 3.24. The van der Waals surface area contributed by atoms with Crippen LogP contribution in [0.1, 0.15) is 12.8 Å². The number of carbonyl (C=O) groups is 1. The van der Waals surface area contributed by atoms with Gasteiger partial charge in [0.05, 0.1) is 4.90 Å². The Labute approximate surface area is 175 Å². The summed E-state index contributed by atoms with van der Waals surface area (Å²) < 4.78 is 24.9. The fraction of sp³-hybridized carbons (Fsp3) is 0.316. The maximum absolute atomic E-state index is 13.3. The molecule has 0 unspecified atom stereocenters. The number of halogens is 1. The van der Waals surface area contributed by atoms with Crippen molar-refractivity contribution in [3.05, 3.63) is 54.6 Å². The van der Waals surface area contributed by atoms with Crippen LogP contribution < -0.4 is 5.48 Å². The van der Waals surface area contributed by atoms with Gasteiger partial charge in [-0.05, 0) is 69.4 Å². The highest BCUT2D eigenvalue weighted by Crippen LogP contribution is 2.36. The average molecular weight is 443 g/mol. The molecule has 0 spiro atoms. The molecule has 1 amide bonds. The highest BCUT2D eigenvalue weighted by atomic mass is 35.5. The molecule has 1 aliphatic heterocycles. The molecule has 0 bridgehead atoms. The van der Waals surface area contributed by atoms with Gasteiger partial charge in [-0.3, -0.25) is 10.0 Å². The van der Waals surface area contributed by atoms with E-state index >= 15 is 0 Å². The molecule has 28 heavy (non-hydrogen) atoms. The van der Waals surface area contributed by atoms with E-state index in [1.807, 2.05) is 42.3 Å². The molecule has 0 aliphatic carbocycles. The van der Waals surface area contributed by atoms with Crippen molar-refractivity contribution in [1.29, 1.82) is 0 Å². The van der Waals surface area contributed by atoms with Gasteiger partial charge in [0.1, 0.15) is 0 Å². The van der Waals surface area contributed by atoms with Crippen LogP contribution in [0.3, 0.4) is 0 Å². The van der Waals surface area contributed by atoms with Crippen LogP contribution in [0, 0.1) is 0 Å². The number of nitrogens with one attached hydrogen (secondary N) is 1. The number of benzene rings is 2. The van der Waals surface area contributed by atoms with Gasteiger partial charge in [0.2, 0.25) is 0 Å². The van der Waals surface area contributed by atoms with Gasteiger partial charge in [-0.1, -0.05) is 30.0 Å². The number of hydrogen-bond acceptors (Lipinski definition) is 6. The van der Waals surface area contributed by atoms with E-state index in [0.717, 1.165) is 9.79 Å². The second-order valence-corrected chi connectivity index (χ2v) is 10.0. The third-order valence-electron chi connectivity index (χ3n) is 4.94. The number of rotatable bonds is 5. The number of amides is 1. The molecule has 0 saturated carbocycles. The summed E-state index contributed by atoms with van der Waals surface area (Å²) in [7, 11) is -2.08. The molecule has 1 heterocycles. The second-order valence-electron chi connectivity index (χ2n) is 6.63. The molecule has 2 aromatic rings. The SMILES string of the molecule is CN1CCC(C(=O)NO)(S(=O)(=O)c2ccc(Sc3ccccc3)cc2)CC1.Cl. The molecule has 0 atom stereocenters. The minimum atomic E-state index is -3.96. The third kappa shape index (κ3) is 4.36. The first-order valence-electron chi connectivity index (χ1n) is 8.60. The second kappa shape index (κ2) is 9.28. The van der Waals surface area contributed by atoms with Crippen molar-refractivity contribution in [3.8, 4) is 0 Å². The summed E-state index contributed by atoms with van der Waals surface area (Å²) >= 11 is 1.53. The monoisotopic (exact) mass is 442 g/mol. The van der Waals surface area contributed by atoms with Crippen molar-refractivity contribution in [1.82, 2.24) is 10.4 Å². The lowest BCUT2D eigenvalue weighted by atomic mass is 9.95. The van der Waals surface area contributed by atoms with Crippen LogP contribution in [-0.2, 0) is 14.6 Å². The van der Waals surface area contributed by atoms with E-state index in [0.29, 0.717) is 13.1 Å². The normalized spacial score (nSPS) is 16.8. The lowest BCUT2D eigenvalue weighted by Gasteiger charge is -2.38. The summed E-state index contributed by atoms with van der Waals surface area (Å²) in [6.07, 6.45) is 0.275. The number of hydroxylamine groups is 1. The standard InChI is InChI=1S/C19H22N2O4S2.ClH/c1-21-13-11-19(12-14-21,18(22)20-23)27(24,25)17-9-7-16(8-10-17)26-15-5-3-2-4-6-15;/h2-10,23H,11-14H2,1H3,(H,20,22);1H. The minimum absolute atomic E-state index is 0. The maximum Gasteiger partial charge on any atom is 0.265 e. The van der Waals surface area contributed by atoms with Crippen LogP contribution in [0.15, 0.2) is 69.3 Å². The number of sulfone groups is 1. The Hall–Kier alpha value is -1.58. The van der Waals surface area contributed by atoms with Gasteiger partial charge in [-0.15, -0.1) is 12.4 Å². The molecule has 6 nitrogen and oxygen atoms in total. The molecule has 2 aromatic carbocycles. The smallest absolute Gasteiger partial charge is 0.265 e. The third-order valence-corrected chi connectivity index (χ3v) is 8.47. The largest absolute Gasteiger partial charge is 0.306 e. The fourth-order valence-corrected chi connectivity index (χ4v) is 6.03. The number of likely N-dealkylation sites (tertiary alicyclic amines) is 1. The molecule has 152 valence electrons. The van der Waals surface area contributed by atoms with E-state index < -0.39 is 20.5 Å². The minimum Gasteiger partial charge on any atom is -0.306 e. The van der Waals surface area contributed by atoms with Crippen molar-refractivity contribution < 1.29 is 18.4 Å². The molecule has 3 rings (SSSR count). The van der Waals surface area contributed by atoms with Crippen LogP contribution in [0.25, 0.3) is 0 Å². The first-order valence-corrected chi connectivity index (χ1v) is 10.9. The van der Waals surface area contributed by atoms with E-state index in [1.54, 1.807) is 17.6 Å². The number of hydrogen-bond donors (Lipinski definition) is 2. The number of piperidine rings is 1. The Morgan fingerprint density at radius 3 is 2.11 bits per heavy atom. The first kappa shape index (κ1) is 22.7. The van der Waals surface area contributed by atoms with Crippen LogP contribution in [-0.4, -0.2) is 49.3 Å². The molecule has 9 heteroatoms. The number of carbonyl (C=O) groups excluding carboxylic acids is 1. The lowest BCUT2D eigenvalue weighted by molar-refractivity contribution is -0.133. The van der Waals surface area contributed by atoms with Crippen LogP contribution in [0.4, 0.5) is 0 Å². The summed E-state index contributed by atoms with van der Waals surface area (Å²) in [6.45, 7) is 0.934. The van der Waals surface area contributed by atoms with Crippen molar-refractivity contribution in [2.45, 2.75) is 32.3 Å². The zero-order chi connectivity index (χ0) is 19.5. The van der Waals surface area contributed by atoms with Gasteiger partial charge in [0.25, 0.3) is 5.91 Å². The zero-order valence-corrected chi connectivity index (χ0v) is 17.8. The Kier molecular flexibility index (Phi) is 7.52. The molecule has 1 saturated heterocycles. The van der Waals surface area contributed by atoms with Crippen LogP contribution >= 0.6 is 24.2 Å². The van der Waals surface area contributed by atoms with Crippen LogP contribution in [0.2, 0.25) is 0 Å². The summed E-state index contributed by atoms with van der Waals surface area (Å²) in [5.41, 5.74) is 1.57. The van der Waals surface area contributed by atoms with E-state index in [-0.39, 0.29) is 30.1 Å². The highest BCUT2D eigenvalue weighted by molar-refractivity contribution is 7.99. The van der Waals surface area contributed by atoms with E-state index in [1.165, 1.54) is 23.9 Å². The summed E-state index contributed by atoms with van der Waals surface area (Å²) in [5.74, 6) is -0.863. The molecule has 1 fully saturated rings. The molecule has 0 radical (unpaired) electrons. The van der Waals surface area contributed by atoms with Gasteiger partial charge in [-0.25, -0.2) is 13.9 Å². The van der Waals surface area contributed by atoms with Gasteiger partial charge < -0.3 is 4.90 Å². The van der Waals surface area contributed by atoms with Crippen molar-refractivity contribution in [2.75, 3.05) is 20.1 Å². The molecular formula is C19H23ClN2O4S2. The molecule has 2 N–H and O–H groups in total. The molecule has 1 aliphatic rings. The topological polar surface area (TPSA) is 86.7 Å². The summed E-state index contributed by atoms with van der Waals surface area (Å²) in [5, 5.41) is 9.16. The Balaban J connectivity index is 0.00000280. The van der Waals surface area contributed by atoms with Gasteiger partial charge >= 0.3 is 0 Å². The van der Waals surface area contributed by atoms with Gasteiger partial charge in [0, 0.05) is 9.79 Å². The average Bonchev–Trinajstić information content (AvgIpc) is 2.69. The van der Waals surface area contributed by atoms with E-state index in [2.05, 4.69) is 0 Å². The quantitative estimate of drug-likeness (QED) is 0.546. The number of nitrogens with zero attached hydrogens (tertiary/aromatic N) is 1. The van der Waals surface area contributed by atoms with Gasteiger partial charge in [0.15, 0.2) is 14.6 Å². The predicted octanol–water partition coefficient (Wildman–Crippen LogP) is 3.00. The zero-order valence-electron chi connectivity index (χ0n) is 15.4. The molecule has 0 aromatic heterocycles. The van der Waals surface area contributed by atoms with E-state index in [4.69, 9.17) is 5.21 Å². The Morgan fingerprint density at radius 2 is 1.57 bits per heavy atom. The van der Waals surface area contributed by atoms with Crippen molar-refractivity contribution in [3.63, 3.8) is 0 Å². The Bertz CT molecular complexity index is 897. The van der Waals surface area contributed by atoms with Crippen molar-refractivity contribution in [2.24, 2.45) is 0 Å². The maximum atomic E-state index is 13.3. The summed E-state index contributed by atoms with van der Waals surface area (Å²) in [6, 6.07) is 16.3. The highest BCUT2D eigenvalue weighted by Gasteiger charge is 2.52. The lowest BCUT2D eigenvalue weighted by Crippen LogP contribution is -2.57. The predicted molar refractivity (Wildman–Crippen MR) is 111 cm³/mol. The summed E-state index contributed by atoms with van der Waals surface area (Å²) in [4.78, 5) is 16.4. The molecular weight excluding hydrogens is 420 g/mol. The van der Waals surface area contributed by atoms with Gasteiger partial charge in [-0.2, -0.15) is 0 Å². The van der Waals surface area contributed by atoms with Crippen LogP contribution in [0.5, 0.6) is 0 Å². The Morgan fingerprint density at radius 1 is 1.04 bits per heavy atom.